The molecule has 4 nitrogen and oxygen atoms in total. The average Bonchev–Trinajstić information content (AvgIpc) is 2.15. The quantitative estimate of drug-likeness (QED) is 0.786. The Balaban J connectivity index is 2.69. The average molecular weight is 202 g/mol. The second-order valence-corrected chi connectivity index (χ2v) is 2.43. The molecule has 0 aromatic carbocycles. The van der Waals surface area contributed by atoms with E-state index in [1.807, 2.05) is 0 Å². The van der Waals surface area contributed by atoms with Crippen molar-refractivity contribution in [1.29, 1.82) is 0 Å². The molecule has 6 heteroatoms. The van der Waals surface area contributed by atoms with Gasteiger partial charge in [0.05, 0.1) is 0 Å². The lowest BCUT2D eigenvalue weighted by Gasteiger charge is -2.04. The van der Waals surface area contributed by atoms with Gasteiger partial charge in [-0.25, -0.2) is 13.8 Å². The third kappa shape index (κ3) is 2.96. The highest BCUT2D eigenvalue weighted by Crippen LogP contribution is 2.08. The van der Waals surface area contributed by atoms with Crippen molar-refractivity contribution >= 4 is 5.91 Å². The smallest absolute Gasteiger partial charge is 0.272 e. The molecule has 1 heterocycles. The van der Waals surface area contributed by atoms with Crippen LogP contribution >= 0.6 is 0 Å². The molecule has 1 amide bonds. The van der Waals surface area contributed by atoms with Gasteiger partial charge in [-0.3, -0.25) is 4.79 Å². The fourth-order valence-corrected chi connectivity index (χ4v) is 0.781. The predicted octanol–water partition coefficient (Wildman–Crippen LogP) is 0.824. The summed E-state index contributed by atoms with van der Waals surface area (Å²) in [5.74, 6) is -0.769. The minimum atomic E-state index is -2.57. The zero-order chi connectivity index (χ0) is 10.6. The first kappa shape index (κ1) is 10.4. The fraction of sp³-hybridized carbons (Fsp3) is 0.250. The summed E-state index contributed by atoms with van der Waals surface area (Å²) in [6, 6.07) is 4.19. The van der Waals surface area contributed by atoms with E-state index in [1.165, 1.54) is 18.2 Å². The van der Waals surface area contributed by atoms with Crippen molar-refractivity contribution in [1.82, 2.24) is 4.98 Å². The van der Waals surface area contributed by atoms with Crippen LogP contribution in [-0.2, 0) is 0 Å². The number of aromatic nitrogens is 1. The number of halogens is 2. The molecule has 0 saturated heterocycles. The van der Waals surface area contributed by atoms with Crippen LogP contribution in [0.2, 0.25) is 0 Å². The first-order valence-corrected chi connectivity index (χ1v) is 3.77. The van der Waals surface area contributed by atoms with E-state index in [4.69, 9.17) is 5.73 Å². The van der Waals surface area contributed by atoms with E-state index in [1.54, 1.807) is 0 Å². The van der Waals surface area contributed by atoms with Gasteiger partial charge in [0.1, 0.15) is 5.69 Å². The van der Waals surface area contributed by atoms with Crippen LogP contribution in [0.1, 0.15) is 10.5 Å². The lowest BCUT2D eigenvalue weighted by atomic mass is 10.3. The Bertz CT molecular complexity index is 331. The van der Waals surface area contributed by atoms with Gasteiger partial charge in [0, 0.05) is 6.07 Å². The molecule has 0 spiro atoms. The number of hydrogen-bond donors (Lipinski definition) is 1. The number of nitrogens with zero attached hydrogens (tertiary/aromatic N) is 1. The third-order valence-corrected chi connectivity index (χ3v) is 1.33. The van der Waals surface area contributed by atoms with Crippen molar-refractivity contribution in [3.05, 3.63) is 23.9 Å². The largest absolute Gasteiger partial charge is 0.472 e. The minimum absolute atomic E-state index is 0.0169. The molecule has 0 bridgehead atoms. The van der Waals surface area contributed by atoms with Gasteiger partial charge in [0.2, 0.25) is 5.88 Å². The van der Waals surface area contributed by atoms with Crippen molar-refractivity contribution in [2.75, 3.05) is 6.61 Å². The summed E-state index contributed by atoms with van der Waals surface area (Å²) < 4.78 is 28.1. The van der Waals surface area contributed by atoms with Crippen LogP contribution < -0.4 is 10.5 Å². The van der Waals surface area contributed by atoms with Gasteiger partial charge in [0.15, 0.2) is 6.61 Å². The first-order chi connectivity index (χ1) is 6.59. The monoisotopic (exact) mass is 202 g/mol. The number of hydrogen-bond acceptors (Lipinski definition) is 3. The zero-order valence-electron chi connectivity index (χ0n) is 7.11. The summed E-state index contributed by atoms with van der Waals surface area (Å²) in [6.07, 6.45) is -2.57. The topological polar surface area (TPSA) is 65.2 Å². The van der Waals surface area contributed by atoms with E-state index < -0.39 is 18.9 Å². The van der Waals surface area contributed by atoms with Crippen LogP contribution in [0.4, 0.5) is 8.78 Å². The molecule has 1 aromatic rings. The van der Waals surface area contributed by atoms with Gasteiger partial charge >= 0.3 is 0 Å². The second kappa shape index (κ2) is 4.50. The Morgan fingerprint density at radius 2 is 2.29 bits per heavy atom. The molecule has 0 unspecified atom stereocenters. The van der Waals surface area contributed by atoms with Crippen molar-refractivity contribution in [3.63, 3.8) is 0 Å². The molecule has 14 heavy (non-hydrogen) atoms. The highest BCUT2D eigenvalue weighted by Gasteiger charge is 2.06. The Morgan fingerprint density at radius 1 is 1.57 bits per heavy atom. The molecule has 0 radical (unpaired) electrons. The van der Waals surface area contributed by atoms with E-state index >= 15 is 0 Å². The molecule has 0 aliphatic heterocycles. The maximum atomic E-state index is 11.7. The van der Waals surface area contributed by atoms with Gasteiger partial charge in [-0.2, -0.15) is 0 Å². The van der Waals surface area contributed by atoms with E-state index in [0.29, 0.717) is 0 Å². The normalized spacial score (nSPS) is 10.2. The highest BCUT2D eigenvalue weighted by atomic mass is 19.3. The Hall–Kier alpha value is -1.72. The van der Waals surface area contributed by atoms with Gasteiger partial charge in [-0.1, -0.05) is 6.07 Å². The van der Waals surface area contributed by atoms with E-state index in [0.717, 1.165) is 0 Å². The van der Waals surface area contributed by atoms with Crippen LogP contribution in [0.25, 0.3) is 0 Å². The molecule has 0 aliphatic rings. The van der Waals surface area contributed by atoms with Crippen LogP contribution in [-0.4, -0.2) is 23.9 Å². The molecule has 1 rings (SSSR count). The SMILES string of the molecule is NC(=O)c1cccc(OCC(F)F)n1. The van der Waals surface area contributed by atoms with E-state index in [-0.39, 0.29) is 11.6 Å². The molecule has 76 valence electrons. The van der Waals surface area contributed by atoms with E-state index in [2.05, 4.69) is 9.72 Å². The zero-order valence-corrected chi connectivity index (χ0v) is 7.11. The molecular formula is C8H8F2N2O2. The summed E-state index contributed by atoms with van der Waals surface area (Å²) in [4.78, 5) is 14.3. The highest BCUT2D eigenvalue weighted by molar-refractivity contribution is 5.90. The van der Waals surface area contributed by atoms with Crippen LogP contribution in [0.5, 0.6) is 5.88 Å². The fourth-order valence-electron chi connectivity index (χ4n) is 0.781. The summed E-state index contributed by atoms with van der Waals surface area (Å²) in [7, 11) is 0. The number of alkyl halides is 2. The number of carbonyl (C=O) groups is 1. The van der Waals surface area contributed by atoms with E-state index in [9.17, 15) is 13.6 Å². The number of amides is 1. The van der Waals surface area contributed by atoms with Crippen molar-refractivity contribution in [2.45, 2.75) is 6.43 Å². The molecule has 1 aromatic heterocycles. The third-order valence-electron chi connectivity index (χ3n) is 1.33. The molecule has 0 atom stereocenters. The number of nitrogens with two attached hydrogens (primary N) is 1. The number of ether oxygens (including phenoxy) is 1. The number of pyridine rings is 1. The lowest BCUT2D eigenvalue weighted by Crippen LogP contribution is -2.14. The first-order valence-electron chi connectivity index (χ1n) is 3.77. The maximum Gasteiger partial charge on any atom is 0.272 e. The summed E-state index contributed by atoms with van der Waals surface area (Å²) in [6.45, 7) is -0.755. The van der Waals surface area contributed by atoms with Gasteiger partial charge < -0.3 is 10.5 Å². The van der Waals surface area contributed by atoms with Crippen LogP contribution in [0.3, 0.4) is 0 Å². The summed E-state index contributed by atoms with van der Waals surface area (Å²) >= 11 is 0. The van der Waals surface area contributed by atoms with Crippen LogP contribution in [0.15, 0.2) is 18.2 Å². The second-order valence-electron chi connectivity index (χ2n) is 2.43. The molecule has 0 aliphatic carbocycles. The molecule has 2 N–H and O–H groups in total. The maximum absolute atomic E-state index is 11.7. The standard InChI is InChI=1S/C8H8F2N2O2/c9-6(10)4-14-7-3-1-2-5(12-7)8(11)13/h1-3,6H,4H2,(H2,11,13). The number of rotatable bonds is 4. The van der Waals surface area contributed by atoms with Crippen LogP contribution in [0, 0.1) is 0 Å². The van der Waals surface area contributed by atoms with Crippen molar-refractivity contribution in [2.24, 2.45) is 5.73 Å². The van der Waals surface area contributed by atoms with Crippen molar-refractivity contribution < 1.29 is 18.3 Å². The Kier molecular flexibility index (Phi) is 3.33. The number of primary amides is 1. The molecule has 0 saturated carbocycles. The summed E-state index contributed by atoms with van der Waals surface area (Å²) in [5, 5.41) is 0. The lowest BCUT2D eigenvalue weighted by molar-refractivity contribution is 0.0793. The molecule has 0 fully saturated rings. The van der Waals surface area contributed by atoms with Gasteiger partial charge in [-0.05, 0) is 6.07 Å². The summed E-state index contributed by atoms with van der Waals surface area (Å²) in [5.41, 5.74) is 4.92. The van der Waals surface area contributed by atoms with Gasteiger partial charge in [0.25, 0.3) is 12.3 Å². The number of carbonyl (C=O) groups excluding carboxylic acids is 1. The Labute approximate surface area is 78.7 Å². The Morgan fingerprint density at radius 3 is 2.86 bits per heavy atom. The minimum Gasteiger partial charge on any atom is -0.472 e. The van der Waals surface area contributed by atoms with Gasteiger partial charge in [-0.15, -0.1) is 0 Å². The predicted molar refractivity (Wildman–Crippen MR) is 44.3 cm³/mol. The van der Waals surface area contributed by atoms with Crippen molar-refractivity contribution in [3.8, 4) is 5.88 Å². The molecular weight excluding hydrogens is 194 g/mol.